The maximum absolute atomic E-state index is 12.8. The van der Waals surface area contributed by atoms with Crippen molar-refractivity contribution in [1.82, 2.24) is 4.90 Å². The lowest BCUT2D eigenvalue weighted by Gasteiger charge is -2.35. The summed E-state index contributed by atoms with van der Waals surface area (Å²) in [5.74, 6) is 1.34. The largest absolute Gasteiger partial charge is 0.488 e. The molecule has 0 unspecified atom stereocenters. The molecule has 0 spiro atoms. The van der Waals surface area contributed by atoms with Crippen LogP contribution in [0.2, 0.25) is 5.02 Å². The number of amides is 1. The average molecular weight is 382 g/mol. The lowest BCUT2D eigenvalue weighted by molar-refractivity contribution is -0.152. The van der Waals surface area contributed by atoms with E-state index < -0.39 is 11.7 Å². The van der Waals surface area contributed by atoms with Crippen molar-refractivity contribution in [2.45, 2.75) is 51.4 Å². The van der Waals surface area contributed by atoms with Crippen molar-refractivity contribution in [2.24, 2.45) is 11.8 Å². The number of ether oxygens (including phenoxy) is 2. The highest BCUT2D eigenvalue weighted by Crippen LogP contribution is 2.39. The maximum Gasteiger partial charge on any atom is 0.254 e. The zero-order chi connectivity index (χ0) is 18.9. The van der Waals surface area contributed by atoms with E-state index in [9.17, 15) is 9.90 Å². The standard InChI is InChI=1S/C20H28ClNO4/c1-4-25-20(2,3)19(24)22-11-13-8-17(23)18(9-14(13)12-22)26-16-7-5-6-15(21)10-16/h5-7,10,13-14,17-18,23H,4,8-9,11-12H2,1-3H3/t13-,14+,17+,18+/m0/s1. The molecule has 6 heteroatoms. The van der Waals surface area contributed by atoms with E-state index in [1.165, 1.54) is 0 Å². The van der Waals surface area contributed by atoms with Gasteiger partial charge in [0.05, 0.1) is 6.10 Å². The van der Waals surface area contributed by atoms with E-state index in [0.29, 0.717) is 48.7 Å². The predicted octanol–water partition coefficient (Wildman–Crippen LogP) is 3.13. The lowest BCUT2D eigenvalue weighted by atomic mass is 9.78. The van der Waals surface area contributed by atoms with Gasteiger partial charge in [0.1, 0.15) is 17.5 Å². The fourth-order valence-electron chi connectivity index (χ4n) is 4.20. The van der Waals surface area contributed by atoms with E-state index in [2.05, 4.69) is 0 Å². The van der Waals surface area contributed by atoms with Crippen molar-refractivity contribution in [3.8, 4) is 5.75 Å². The smallest absolute Gasteiger partial charge is 0.254 e. The van der Waals surface area contributed by atoms with Crippen molar-refractivity contribution < 1.29 is 19.4 Å². The van der Waals surface area contributed by atoms with Crippen LogP contribution >= 0.6 is 11.6 Å². The van der Waals surface area contributed by atoms with Gasteiger partial charge in [-0.2, -0.15) is 0 Å². The highest BCUT2D eigenvalue weighted by Gasteiger charge is 2.46. The van der Waals surface area contributed by atoms with Gasteiger partial charge < -0.3 is 19.5 Å². The summed E-state index contributed by atoms with van der Waals surface area (Å²) in [6.45, 7) is 7.42. The first-order valence-electron chi connectivity index (χ1n) is 9.33. The van der Waals surface area contributed by atoms with Gasteiger partial charge >= 0.3 is 0 Å². The molecule has 3 rings (SSSR count). The topological polar surface area (TPSA) is 59.0 Å². The van der Waals surface area contributed by atoms with Crippen LogP contribution in [0.5, 0.6) is 5.75 Å². The average Bonchev–Trinajstić information content (AvgIpc) is 2.97. The van der Waals surface area contributed by atoms with E-state index in [-0.39, 0.29) is 12.0 Å². The minimum Gasteiger partial charge on any atom is -0.488 e. The number of fused-ring (bicyclic) bond motifs is 1. The Bertz CT molecular complexity index is 650. The molecule has 0 bridgehead atoms. The quantitative estimate of drug-likeness (QED) is 0.851. The molecule has 144 valence electrons. The van der Waals surface area contributed by atoms with Crippen molar-refractivity contribution >= 4 is 17.5 Å². The molecule has 5 nitrogen and oxygen atoms in total. The molecule has 1 N–H and O–H groups in total. The molecule has 1 heterocycles. The zero-order valence-corrected chi connectivity index (χ0v) is 16.4. The minimum absolute atomic E-state index is 0.0237. The molecule has 1 saturated carbocycles. The summed E-state index contributed by atoms with van der Waals surface area (Å²) < 4.78 is 11.6. The number of benzene rings is 1. The van der Waals surface area contributed by atoms with Crippen LogP contribution in [0, 0.1) is 11.8 Å². The van der Waals surface area contributed by atoms with Crippen molar-refractivity contribution in [1.29, 1.82) is 0 Å². The minimum atomic E-state index is -0.808. The zero-order valence-electron chi connectivity index (χ0n) is 15.7. The Morgan fingerprint density at radius 1 is 1.31 bits per heavy atom. The van der Waals surface area contributed by atoms with Crippen LogP contribution in [0.25, 0.3) is 0 Å². The Hall–Kier alpha value is -1.30. The van der Waals surface area contributed by atoms with Crippen molar-refractivity contribution in [2.75, 3.05) is 19.7 Å². The summed E-state index contributed by atoms with van der Waals surface area (Å²) in [6.07, 6.45) is 0.571. The molecule has 0 aromatic heterocycles. The molecule has 1 amide bonds. The molecule has 4 atom stereocenters. The van der Waals surface area contributed by atoms with Gasteiger partial charge in [0.15, 0.2) is 0 Å². The number of carbonyl (C=O) groups excluding carboxylic acids is 1. The normalized spacial score (nSPS) is 28.7. The first-order chi connectivity index (χ1) is 12.3. The highest BCUT2D eigenvalue weighted by atomic mass is 35.5. The van der Waals surface area contributed by atoms with Gasteiger partial charge in [-0.15, -0.1) is 0 Å². The molecular weight excluding hydrogens is 354 g/mol. The van der Waals surface area contributed by atoms with E-state index in [0.717, 1.165) is 6.42 Å². The van der Waals surface area contributed by atoms with Gasteiger partial charge in [-0.25, -0.2) is 0 Å². The van der Waals surface area contributed by atoms with Gasteiger partial charge in [-0.1, -0.05) is 17.7 Å². The van der Waals surface area contributed by atoms with Crippen LogP contribution in [-0.2, 0) is 9.53 Å². The summed E-state index contributed by atoms with van der Waals surface area (Å²) in [5, 5.41) is 11.1. The number of aliphatic hydroxyl groups is 1. The van der Waals surface area contributed by atoms with Crippen LogP contribution in [0.4, 0.5) is 0 Å². The van der Waals surface area contributed by atoms with E-state index >= 15 is 0 Å². The predicted molar refractivity (Wildman–Crippen MR) is 100 cm³/mol. The Kier molecular flexibility index (Phi) is 5.80. The number of likely N-dealkylation sites (tertiary alicyclic amines) is 1. The third kappa shape index (κ3) is 4.16. The van der Waals surface area contributed by atoms with Crippen molar-refractivity contribution in [3.05, 3.63) is 29.3 Å². The van der Waals surface area contributed by atoms with Crippen LogP contribution in [0.1, 0.15) is 33.6 Å². The second kappa shape index (κ2) is 7.75. The van der Waals surface area contributed by atoms with Crippen LogP contribution in [0.3, 0.4) is 0 Å². The first-order valence-corrected chi connectivity index (χ1v) is 9.71. The molecule has 1 aliphatic heterocycles. The van der Waals surface area contributed by atoms with Gasteiger partial charge in [-0.05, 0) is 63.6 Å². The number of aliphatic hydroxyl groups excluding tert-OH is 1. The Morgan fingerprint density at radius 3 is 2.65 bits per heavy atom. The number of hydrogen-bond acceptors (Lipinski definition) is 4. The molecule has 1 aromatic rings. The third-order valence-electron chi connectivity index (χ3n) is 5.48. The summed E-state index contributed by atoms with van der Waals surface area (Å²) in [4.78, 5) is 14.7. The molecule has 1 aromatic carbocycles. The SMILES string of the molecule is CCOC(C)(C)C(=O)N1C[C@H]2C[C@@H](Oc3cccc(Cl)c3)[C@H](O)C[C@H]2C1. The van der Waals surface area contributed by atoms with Gasteiger partial charge in [-0.3, -0.25) is 4.79 Å². The fourth-order valence-corrected chi connectivity index (χ4v) is 4.38. The molecule has 1 aliphatic carbocycles. The lowest BCUT2D eigenvalue weighted by Crippen LogP contribution is -2.46. The molecule has 0 radical (unpaired) electrons. The number of rotatable bonds is 5. The van der Waals surface area contributed by atoms with Crippen LogP contribution in [0.15, 0.2) is 24.3 Å². The van der Waals surface area contributed by atoms with Crippen molar-refractivity contribution in [3.63, 3.8) is 0 Å². The molecule has 1 saturated heterocycles. The summed E-state index contributed by atoms with van der Waals surface area (Å²) >= 11 is 6.01. The summed E-state index contributed by atoms with van der Waals surface area (Å²) in [6, 6.07) is 7.24. The number of hydrogen-bond donors (Lipinski definition) is 1. The molecular formula is C20H28ClNO4. The monoisotopic (exact) mass is 381 g/mol. The fraction of sp³-hybridized carbons (Fsp3) is 0.650. The maximum atomic E-state index is 12.8. The second-order valence-corrected chi connectivity index (χ2v) is 8.26. The van der Waals surface area contributed by atoms with Gasteiger partial charge in [0.2, 0.25) is 0 Å². The molecule has 2 fully saturated rings. The molecule has 26 heavy (non-hydrogen) atoms. The van der Waals surface area contributed by atoms with Crippen LogP contribution < -0.4 is 4.74 Å². The summed E-state index contributed by atoms with van der Waals surface area (Å²) in [7, 11) is 0. The van der Waals surface area contributed by atoms with Crippen LogP contribution in [-0.4, -0.2) is 53.4 Å². The Morgan fingerprint density at radius 2 is 2.00 bits per heavy atom. The van der Waals surface area contributed by atoms with E-state index in [4.69, 9.17) is 21.1 Å². The molecule has 2 aliphatic rings. The Balaban J connectivity index is 1.64. The third-order valence-corrected chi connectivity index (χ3v) is 5.71. The Labute approximate surface area is 160 Å². The second-order valence-electron chi connectivity index (χ2n) is 7.83. The van der Waals surface area contributed by atoms with Gasteiger partial charge in [0, 0.05) is 24.7 Å². The number of nitrogens with zero attached hydrogens (tertiary/aromatic N) is 1. The highest BCUT2D eigenvalue weighted by molar-refractivity contribution is 6.30. The van der Waals surface area contributed by atoms with E-state index in [1.807, 2.05) is 37.8 Å². The summed E-state index contributed by atoms with van der Waals surface area (Å²) in [5.41, 5.74) is -0.808. The number of carbonyl (C=O) groups is 1. The van der Waals surface area contributed by atoms with E-state index in [1.54, 1.807) is 12.1 Å². The first kappa shape index (κ1) is 19.5. The number of halogens is 1. The van der Waals surface area contributed by atoms with Gasteiger partial charge in [0.25, 0.3) is 5.91 Å².